The summed E-state index contributed by atoms with van der Waals surface area (Å²) in [7, 11) is 0. The number of aromatic nitrogens is 1. The average Bonchev–Trinajstić information content (AvgIpc) is 3.34. The zero-order valence-electron chi connectivity index (χ0n) is 17.1. The molecule has 3 aromatic rings. The van der Waals surface area contributed by atoms with Gasteiger partial charge in [-0.05, 0) is 48.0 Å². The molecule has 1 aliphatic rings. The van der Waals surface area contributed by atoms with Gasteiger partial charge in [-0.3, -0.25) is 4.90 Å². The molecule has 0 amide bonds. The number of morpholine rings is 1. The van der Waals surface area contributed by atoms with Crippen LogP contribution in [-0.4, -0.2) is 53.5 Å². The van der Waals surface area contributed by atoms with Gasteiger partial charge in [-0.15, -0.1) is 0 Å². The Morgan fingerprint density at radius 2 is 2.07 bits per heavy atom. The number of nitrogens with zero attached hydrogens (tertiary/aromatic N) is 2. The summed E-state index contributed by atoms with van der Waals surface area (Å²) in [6.45, 7) is 7.82. The molecule has 160 valence electrons. The molecular formula is C22H25BrN2O5. The predicted molar refractivity (Wildman–Crippen MR) is 116 cm³/mol. The molecule has 4 rings (SSSR count). The third kappa shape index (κ3) is 3.87. The molecule has 2 aromatic heterocycles. The second kappa shape index (κ2) is 8.83. The van der Waals surface area contributed by atoms with Crippen molar-refractivity contribution in [3.05, 3.63) is 51.5 Å². The van der Waals surface area contributed by atoms with E-state index in [2.05, 4.69) is 20.8 Å². The quantitative estimate of drug-likeness (QED) is 0.540. The highest BCUT2D eigenvalue weighted by molar-refractivity contribution is 9.10. The summed E-state index contributed by atoms with van der Waals surface area (Å²) in [4.78, 5) is 15.2. The normalized spacial score (nSPS) is 15.0. The Morgan fingerprint density at radius 1 is 1.30 bits per heavy atom. The van der Waals surface area contributed by atoms with Crippen LogP contribution in [0.1, 0.15) is 34.3 Å². The lowest BCUT2D eigenvalue weighted by atomic mass is 10.0. The zero-order chi connectivity index (χ0) is 21.3. The molecule has 1 saturated heterocycles. The van der Waals surface area contributed by atoms with Crippen molar-refractivity contribution in [2.45, 2.75) is 26.9 Å². The highest BCUT2D eigenvalue weighted by Gasteiger charge is 2.28. The highest BCUT2D eigenvalue weighted by Crippen LogP contribution is 2.40. The van der Waals surface area contributed by atoms with E-state index in [4.69, 9.17) is 13.9 Å². The number of phenols is 1. The fourth-order valence-corrected chi connectivity index (χ4v) is 4.47. The zero-order valence-corrected chi connectivity index (χ0v) is 18.7. The van der Waals surface area contributed by atoms with Crippen LogP contribution in [0.2, 0.25) is 0 Å². The van der Waals surface area contributed by atoms with Gasteiger partial charge in [0, 0.05) is 36.3 Å². The third-order valence-electron chi connectivity index (χ3n) is 5.50. The number of phenolic OH excluding ortho intramolecular Hbond substituents is 1. The van der Waals surface area contributed by atoms with Crippen LogP contribution in [0, 0.1) is 6.92 Å². The molecule has 0 atom stereocenters. The van der Waals surface area contributed by atoms with E-state index in [1.165, 1.54) is 0 Å². The number of benzene rings is 1. The molecule has 0 saturated carbocycles. The first kappa shape index (κ1) is 21.0. The number of aromatic hydroxyl groups is 1. The van der Waals surface area contributed by atoms with Crippen LogP contribution in [0.5, 0.6) is 5.75 Å². The van der Waals surface area contributed by atoms with Crippen molar-refractivity contribution in [3.63, 3.8) is 0 Å². The van der Waals surface area contributed by atoms with E-state index in [0.717, 1.165) is 35.4 Å². The fraction of sp³-hybridized carbons (Fsp3) is 0.409. The van der Waals surface area contributed by atoms with Crippen molar-refractivity contribution >= 4 is 32.8 Å². The number of furan rings is 1. The summed E-state index contributed by atoms with van der Waals surface area (Å²) in [6, 6.07) is 5.60. The largest absolute Gasteiger partial charge is 0.506 e. The topological polar surface area (TPSA) is 77.1 Å². The van der Waals surface area contributed by atoms with E-state index < -0.39 is 0 Å². The highest BCUT2D eigenvalue weighted by atomic mass is 79.9. The molecule has 1 N–H and O–H groups in total. The molecule has 0 unspecified atom stereocenters. The monoisotopic (exact) mass is 476 g/mol. The Bertz CT molecular complexity index is 1050. The number of hydrogen-bond acceptors (Lipinski definition) is 6. The standard InChI is InChI=1S/C22H25BrN2O5/c1-3-29-22(27)19-14(2)25(12-15-5-4-8-30-15)18-11-17(23)21(26)16(20(18)19)13-24-6-9-28-10-7-24/h4-5,8,11,26H,3,6-7,9-10,12-13H2,1-2H3. The Kier molecular flexibility index (Phi) is 6.17. The van der Waals surface area contributed by atoms with Gasteiger partial charge in [-0.25, -0.2) is 4.79 Å². The van der Waals surface area contributed by atoms with Gasteiger partial charge in [0.2, 0.25) is 0 Å². The number of rotatable bonds is 6. The molecule has 1 aliphatic heterocycles. The van der Waals surface area contributed by atoms with Gasteiger partial charge < -0.3 is 23.6 Å². The minimum absolute atomic E-state index is 0.148. The van der Waals surface area contributed by atoms with Crippen LogP contribution in [-0.2, 0) is 22.6 Å². The van der Waals surface area contributed by atoms with Gasteiger partial charge in [-0.2, -0.15) is 0 Å². The molecule has 0 bridgehead atoms. The van der Waals surface area contributed by atoms with E-state index in [1.54, 1.807) is 13.2 Å². The summed E-state index contributed by atoms with van der Waals surface area (Å²) < 4.78 is 19.0. The van der Waals surface area contributed by atoms with Crippen LogP contribution in [0.3, 0.4) is 0 Å². The van der Waals surface area contributed by atoms with Crippen LogP contribution < -0.4 is 0 Å². The second-order valence-corrected chi connectivity index (χ2v) is 8.17. The van der Waals surface area contributed by atoms with Crippen molar-refractivity contribution in [1.29, 1.82) is 0 Å². The molecular weight excluding hydrogens is 452 g/mol. The van der Waals surface area contributed by atoms with Crippen molar-refractivity contribution < 1.29 is 23.8 Å². The van der Waals surface area contributed by atoms with E-state index in [1.807, 2.05) is 29.7 Å². The number of carbonyl (C=O) groups excluding carboxylic acids is 1. The number of fused-ring (bicyclic) bond motifs is 1. The van der Waals surface area contributed by atoms with Crippen molar-refractivity contribution in [2.24, 2.45) is 0 Å². The molecule has 1 aromatic carbocycles. The lowest BCUT2D eigenvalue weighted by Crippen LogP contribution is -2.35. The lowest BCUT2D eigenvalue weighted by molar-refractivity contribution is 0.0340. The Hall–Kier alpha value is -2.29. The van der Waals surface area contributed by atoms with Crippen molar-refractivity contribution in [1.82, 2.24) is 9.47 Å². The second-order valence-electron chi connectivity index (χ2n) is 7.31. The SMILES string of the molecule is CCOC(=O)c1c(C)n(Cc2ccco2)c2cc(Br)c(O)c(CN3CCOCC3)c12. The summed E-state index contributed by atoms with van der Waals surface area (Å²) in [6.07, 6.45) is 1.63. The number of esters is 1. The van der Waals surface area contributed by atoms with Gasteiger partial charge in [0.15, 0.2) is 0 Å². The summed E-state index contributed by atoms with van der Waals surface area (Å²) in [5, 5.41) is 11.7. The molecule has 7 nitrogen and oxygen atoms in total. The molecule has 3 heterocycles. The summed E-state index contributed by atoms with van der Waals surface area (Å²) >= 11 is 3.50. The van der Waals surface area contributed by atoms with Crippen molar-refractivity contribution in [2.75, 3.05) is 32.9 Å². The summed E-state index contributed by atoms with van der Waals surface area (Å²) in [5.41, 5.74) is 2.83. The Balaban J connectivity index is 1.92. The first-order valence-corrected chi connectivity index (χ1v) is 10.8. The predicted octanol–water partition coefficient (Wildman–Crippen LogP) is 4.07. The lowest BCUT2D eigenvalue weighted by Gasteiger charge is -2.27. The molecule has 0 spiro atoms. The maximum atomic E-state index is 12.9. The fourth-order valence-electron chi connectivity index (χ4n) is 4.02. The van der Waals surface area contributed by atoms with Crippen LogP contribution in [0.25, 0.3) is 10.9 Å². The molecule has 0 radical (unpaired) electrons. The molecule has 1 fully saturated rings. The van der Waals surface area contributed by atoms with Gasteiger partial charge in [0.25, 0.3) is 0 Å². The van der Waals surface area contributed by atoms with Gasteiger partial charge in [0.1, 0.15) is 11.5 Å². The number of halogens is 1. The van der Waals surface area contributed by atoms with Gasteiger partial charge in [0.05, 0.1) is 48.2 Å². The number of hydrogen-bond donors (Lipinski definition) is 1. The van der Waals surface area contributed by atoms with Crippen LogP contribution >= 0.6 is 15.9 Å². The first-order valence-electron chi connectivity index (χ1n) is 10.0. The smallest absolute Gasteiger partial charge is 0.340 e. The molecule has 30 heavy (non-hydrogen) atoms. The van der Waals surface area contributed by atoms with Crippen LogP contribution in [0.4, 0.5) is 0 Å². The van der Waals surface area contributed by atoms with E-state index in [0.29, 0.717) is 41.9 Å². The van der Waals surface area contributed by atoms with E-state index in [-0.39, 0.29) is 18.3 Å². The Morgan fingerprint density at radius 3 is 2.73 bits per heavy atom. The third-order valence-corrected chi connectivity index (χ3v) is 6.10. The number of carbonyl (C=O) groups is 1. The molecule has 8 heteroatoms. The maximum absolute atomic E-state index is 12.9. The molecule has 0 aliphatic carbocycles. The average molecular weight is 477 g/mol. The first-order chi connectivity index (χ1) is 14.5. The summed E-state index contributed by atoms with van der Waals surface area (Å²) in [5.74, 6) is 0.544. The Labute approximate surface area is 183 Å². The van der Waals surface area contributed by atoms with E-state index >= 15 is 0 Å². The minimum atomic E-state index is -0.386. The van der Waals surface area contributed by atoms with Gasteiger partial charge >= 0.3 is 5.97 Å². The van der Waals surface area contributed by atoms with Crippen molar-refractivity contribution in [3.8, 4) is 5.75 Å². The minimum Gasteiger partial charge on any atom is -0.506 e. The van der Waals surface area contributed by atoms with Gasteiger partial charge in [-0.1, -0.05) is 0 Å². The number of ether oxygens (including phenoxy) is 2. The van der Waals surface area contributed by atoms with E-state index in [9.17, 15) is 9.90 Å². The maximum Gasteiger partial charge on any atom is 0.340 e. The van der Waals surface area contributed by atoms with Crippen LogP contribution in [0.15, 0.2) is 33.4 Å².